The third kappa shape index (κ3) is 7.77. The first-order valence-corrected chi connectivity index (χ1v) is 10.1. The Labute approximate surface area is 183 Å². The summed E-state index contributed by atoms with van der Waals surface area (Å²) in [6, 6.07) is 13.0. The Morgan fingerprint density at radius 3 is 2.52 bits per heavy atom. The summed E-state index contributed by atoms with van der Waals surface area (Å²) in [5, 5.41) is 8.79. The highest BCUT2D eigenvalue weighted by atomic mass is 127. The van der Waals surface area contributed by atoms with E-state index in [9.17, 15) is 0 Å². The van der Waals surface area contributed by atoms with Crippen molar-refractivity contribution in [2.75, 3.05) is 32.8 Å². The number of rotatable bonds is 7. The van der Waals surface area contributed by atoms with Crippen molar-refractivity contribution in [1.29, 1.82) is 0 Å². The molecule has 1 fully saturated rings. The van der Waals surface area contributed by atoms with Gasteiger partial charge in [0.2, 0.25) is 0 Å². The Kier molecular flexibility index (Phi) is 10.1. The number of hydrogen-bond acceptors (Lipinski definition) is 4. The fourth-order valence-electron chi connectivity index (χ4n) is 2.86. The fraction of sp³-hybridized carbons (Fsp3) is 0.450. The van der Waals surface area contributed by atoms with Crippen LogP contribution in [-0.2, 0) is 24.4 Å². The van der Waals surface area contributed by atoms with Crippen LogP contribution in [0.15, 0.2) is 46.8 Å². The minimum Gasteiger partial charge on any atom is -0.379 e. The minimum absolute atomic E-state index is 0. The van der Waals surface area contributed by atoms with E-state index in [1.54, 1.807) is 11.3 Å². The molecular weight excluding hydrogens is 471 g/mol. The van der Waals surface area contributed by atoms with E-state index in [1.165, 1.54) is 16.0 Å². The SMILES string of the molecule is CCNC(=NCc1ccc(CN2CCOCC2)cc1)NCc1cccs1.I. The van der Waals surface area contributed by atoms with Crippen LogP contribution in [0.25, 0.3) is 0 Å². The Hall–Kier alpha value is -1.16. The van der Waals surface area contributed by atoms with Crippen molar-refractivity contribution in [1.82, 2.24) is 15.5 Å². The lowest BCUT2D eigenvalue weighted by atomic mass is 10.1. The molecule has 1 aromatic carbocycles. The number of morpholine rings is 1. The van der Waals surface area contributed by atoms with Crippen LogP contribution in [0.3, 0.4) is 0 Å². The normalized spacial score (nSPS) is 15.2. The summed E-state index contributed by atoms with van der Waals surface area (Å²) < 4.78 is 5.41. The Balaban J connectivity index is 0.00000261. The summed E-state index contributed by atoms with van der Waals surface area (Å²) in [6.45, 7) is 9.16. The van der Waals surface area contributed by atoms with Crippen molar-refractivity contribution in [2.45, 2.75) is 26.6 Å². The lowest BCUT2D eigenvalue weighted by Gasteiger charge is -2.26. The van der Waals surface area contributed by atoms with Gasteiger partial charge in [-0.2, -0.15) is 0 Å². The standard InChI is InChI=1S/C20H28N4OS.HI/c1-2-21-20(23-15-19-4-3-13-26-19)22-14-17-5-7-18(8-6-17)16-24-9-11-25-12-10-24;/h3-8,13H,2,9-12,14-16H2,1H3,(H2,21,22,23);1H. The summed E-state index contributed by atoms with van der Waals surface area (Å²) in [6.07, 6.45) is 0. The zero-order valence-electron chi connectivity index (χ0n) is 15.8. The third-order valence-corrected chi connectivity index (χ3v) is 5.18. The average Bonchev–Trinajstić information content (AvgIpc) is 3.20. The summed E-state index contributed by atoms with van der Waals surface area (Å²) in [4.78, 5) is 8.45. The molecular formula is C20H29IN4OS. The van der Waals surface area contributed by atoms with Gasteiger partial charge in [-0.15, -0.1) is 35.3 Å². The molecule has 2 N–H and O–H groups in total. The van der Waals surface area contributed by atoms with Crippen LogP contribution >= 0.6 is 35.3 Å². The molecule has 2 heterocycles. The van der Waals surface area contributed by atoms with Gasteiger partial charge < -0.3 is 15.4 Å². The van der Waals surface area contributed by atoms with Gasteiger partial charge in [-0.1, -0.05) is 30.3 Å². The molecule has 7 heteroatoms. The maximum atomic E-state index is 5.41. The molecule has 148 valence electrons. The maximum Gasteiger partial charge on any atom is 0.191 e. The maximum absolute atomic E-state index is 5.41. The molecule has 1 aromatic heterocycles. The van der Waals surface area contributed by atoms with Crippen molar-refractivity contribution in [3.8, 4) is 0 Å². The second kappa shape index (κ2) is 12.3. The number of nitrogens with one attached hydrogen (secondary N) is 2. The Bertz CT molecular complexity index is 670. The first-order chi connectivity index (χ1) is 12.8. The number of halogens is 1. The van der Waals surface area contributed by atoms with E-state index in [0.717, 1.165) is 51.9 Å². The molecule has 5 nitrogen and oxygen atoms in total. The third-order valence-electron chi connectivity index (χ3n) is 4.31. The molecule has 0 amide bonds. The lowest BCUT2D eigenvalue weighted by Crippen LogP contribution is -2.36. The van der Waals surface area contributed by atoms with Crippen LogP contribution in [0.2, 0.25) is 0 Å². The van der Waals surface area contributed by atoms with Crippen LogP contribution in [-0.4, -0.2) is 43.7 Å². The van der Waals surface area contributed by atoms with Gasteiger partial charge in [-0.3, -0.25) is 4.90 Å². The smallest absolute Gasteiger partial charge is 0.191 e. The summed E-state index contributed by atoms with van der Waals surface area (Å²) in [5.41, 5.74) is 2.58. The highest BCUT2D eigenvalue weighted by Gasteiger charge is 2.10. The van der Waals surface area contributed by atoms with Gasteiger partial charge in [0, 0.05) is 31.1 Å². The lowest BCUT2D eigenvalue weighted by molar-refractivity contribution is 0.0342. The number of nitrogens with zero attached hydrogens (tertiary/aromatic N) is 2. The zero-order chi connectivity index (χ0) is 18.0. The van der Waals surface area contributed by atoms with E-state index in [1.807, 2.05) is 0 Å². The number of hydrogen-bond donors (Lipinski definition) is 2. The second-order valence-corrected chi connectivity index (χ2v) is 7.37. The second-order valence-electron chi connectivity index (χ2n) is 6.33. The van der Waals surface area contributed by atoms with Crippen LogP contribution < -0.4 is 10.6 Å². The van der Waals surface area contributed by atoms with E-state index in [2.05, 4.69) is 64.2 Å². The molecule has 0 aliphatic carbocycles. The Morgan fingerprint density at radius 2 is 1.85 bits per heavy atom. The molecule has 1 aliphatic rings. The van der Waals surface area contributed by atoms with E-state index >= 15 is 0 Å². The number of ether oxygens (including phenoxy) is 1. The van der Waals surface area contributed by atoms with Crippen molar-refractivity contribution >= 4 is 41.3 Å². The van der Waals surface area contributed by atoms with Gasteiger partial charge in [0.1, 0.15) is 0 Å². The highest BCUT2D eigenvalue weighted by molar-refractivity contribution is 14.0. The van der Waals surface area contributed by atoms with Crippen LogP contribution in [0.4, 0.5) is 0 Å². The molecule has 1 aliphatic heterocycles. The van der Waals surface area contributed by atoms with Crippen molar-refractivity contribution in [3.63, 3.8) is 0 Å². The molecule has 1 saturated heterocycles. The number of aliphatic imine (C=N–C) groups is 1. The van der Waals surface area contributed by atoms with Gasteiger partial charge in [-0.25, -0.2) is 4.99 Å². The average molecular weight is 500 g/mol. The van der Waals surface area contributed by atoms with Gasteiger partial charge >= 0.3 is 0 Å². The van der Waals surface area contributed by atoms with Crippen molar-refractivity contribution < 1.29 is 4.74 Å². The number of benzene rings is 1. The summed E-state index contributed by atoms with van der Waals surface area (Å²) in [5.74, 6) is 0.860. The predicted molar refractivity (Wildman–Crippen MR) is 124 cm³/mol. The predicted octanol–water partition coefficient (Wildman–Crippen LogP) is 3.45. The monoisotopic (exact) mass is 500 g/mol. The number of guanidine groups is 1. The number of thiophene rings is 1. The van der Waals surface area contributed by atoms with E-state index < -0.39 is 0 Å². The molecule has 0 saturated carbocycles. The van der Waals surface area contributed by atoms with Crippen LogP contribution in [0.1, 0.15) is 22.9 Å². The quantitative estimate of drug-likeness (QED) is 0.348. The van der Waals surface area contributed by atoms with Crippen LogP contribution in [0.5, 0.6) is 0 Å². The van der Waals surface area contributed by atoms with Gasteiger partial charge in [0.05, 0.1) is 26.3 Å². The molecule has 0 bridgehead atoms. The van der Waals surface area contributed by atoms with Crippen LogP contribution in [0, 0.1) is 0 Å². The molecule has 3 rings (SSSR count). The molecule has 2 aromatic rings. The van der Waals surface area contributed by atoms with Crippen molar-refractivity contribution in [3.05, 3.63) is 57.8 Å². The molecule has 0 spiro atoms. The largest absolute Gasteiger partial charge is 0.379 e. The Morgan fingerprint density at radius 1 is 1.11 bits per heavy atom. The molecule has 0 atom stereocenters. The topological polar surface area (TPSA) is 48.9 Å². The first kappa shape index (κ1) is 22.1. The first-order valence-electron chi connectivity index (χ1n) is 9.26. The molecule has 0 unspecified atom stereocenters. The summed E-state index contributed by atoms with van der Waals surface area (Å²) >= 11 is 1.76. The summed E-state index contributed by atoms with van der Waals surface area (Å²) in [7, 11) is 0. The van der Waals surface area contributed by atoms with E-state index in [4.69, 9.17) is 9.73 Å². The van der Waals surface area contributed by atoms with Crippen molar-refractivity contribution in [2.24, 2.45) is 4.99 Å². The van der Waals surface area contributed by atoms with Gasteiger partial charge in [0.25, 0.3) is 0 Å². The zero-order valence-corrected chi connectivity index (χ0v) is 19.0. The van der Waals surface area contributed by atoms with Gasteiger partial charge in [0.15, 0.2) is 5.96 Å². The molecule has 0 radical (unpaired) electrons. The molecule has 27 heavy (non-hydrogen) atoms. The minimum atomic E-state index is 0. The van der Waals surface area contributed by atoms with Gasteiger partial charge in [-0.05, 0) is 29.5 Å². The highest BCUT2D eigenvalue weighted by Crippen LogP contribution is 2.10. The van der Waals surface area contributed by atoms with E-state index in [-0.39, 0.29) is 24.0 Å². The fourth-order valence-corrected chi connectivity index (χ4v) is 3.51. The van der Waals surface area contributed by atoms with E-state index in [0.29, 0.717) is 6.54 Å².